The summed E-state index contributed by atoms with van der Waals surface area (Å²) in [6, 6.07) is 0. The maximum atomic E-state index is 11.0. The molecule has 15 heavy (non-hydrogen) atoms. The minimum Gasteiger partial charge on any atom is -0.481 e. The van der Waals surface area contributed by atoms with Crippen LogP contribution in [0, 0.1) is 11.3 Å². The third-order valence-corrected chi connectivity index (χ3v) is 4.12. The molecule has 2 atom stereocenters. The second kappa shape index (κ2) is 3.20. The summed E-state index contributed by atoms with van der Waals surface area (Å²) in [6.45, 7) is 3.95. The maximum absolute atomic E-state index is 11.0. The molecular weight excluding hydrogens is 214 g/mol. The van der Waals surface area contributed by atoms with Crippen LogP contribution in [0.4, 0.5) is 0 Å². The van der Waals surface area contributed by atoms with Crippen LogP contribution in [-0.2, 0) is 4.79 Å². The summed E-state index contributed by atoms with van der Waals surface area (Å²) < 4.78 is 5.00. The smallest absolute Gasteiger partial charge is 0.307 e. The van der Waals surface area contributed by atoms with Gasteiger partial charge in [-0.25, -0.2) is 4.98 Å². The van der Waals surface area contributed by atoms with Crippen molar-refractivity contribution in [3.05, 3.63) is 11.1 Å². The molecule has 1 fully saturated rings. The van der Waals surface area contributed by atoms with Gasteiger partial charge in [-0.15, -0.1) is 0 Å². The molecule has 0 unspecified atom stereocenters. The highest BCUT2D eigenvalue weighted by molar-refractivity contribution is 7.13. The molecule has 4 nitrogen and oxygen atoms in total. The first-order chi connectivity index (χ1) is 6.98. The van der Waals surface area contributed by atoms with E-state index < -0.39 is 5.97 Å². The number of carboxylic acids is 1. The molecular formula is C10H13NO3S. The van der Waals surface area contributed by atoms with Gasteiger partial charge in [0.25, 0.3) is 5.19 Å². The summed E-state index contributed by atoms with van der Waals surface area (Å²) in [5.41, 5.74) is -0.163. The van der Waals surface area contributed by atoms with Crippen molar-refractivity contribution < 1.29 is 14.6 Å². The predicted octanol–water partition coefficient (Wildman–Crippen LogP) is 1.98. The van der Waals surface area contributed by atoms with Gasteiger partial charge in [0.05, 0.1) is 13.0 Å². The van der Waals surface area contributed by atoms with Gasteiger partial charge in [-0.3, -0.25) is 4.79 Å². The monoisotopic (exact) mass is 227 g/mol. The van der Waals surface area contributed by atoms with Crippen LogP contribution in [0.5, 0.6) is 5.19 Å². The fraction of sp³-hybridized carbons (Fsp3) is 0.600. The Bertz CT molecular complexity index is 399. The molecule has 1 saturated carbocycles. The summed E-state index contributed by atoms with van der Waals surface area (Å²) in [7, 11) is 1.56. The van der Waals surface area contributed by atoms with E-state index in [-0.39, 0.29) is 17.3 Å². The molecule has 0 spiro atoms. The Hall–Kier alpha value is -1.10. The molecule has 2 rings (SSSR count). The first-order valence-corrected chi connectivity index (χ1v) is 5.52. The minimum atomic E-state index is -0.725. The van der Waals surface area contributed by atoms with Crippen molar-refractivity contribution in [2.75, 3.05) is 7.11 Å². The highest BCUT2D eigenvalue weighted by atomic mass is 32.1. The Morgan fingerprint density at radius 3 is 2.73 bits per heavy atom. The standard InChI is InChI=1S/C10H13NO3S/c1-10(2)6(7(10)8(12)13)5-4-11-9(14-3)15-5/h4,6-7H,1-3H3,(H,12,13)/t6-,7+/m1/s1. The summed E-state index contributed by atoms with van der Waals surface area (Å²) >= 11 is 1.43. The quantitative estimate of drug-likeness (QED) is 0.857. The van der Waals surface area contributed by atoms with Crippen LogP contribution in [0.15, 0.2) is 6.20 Å². The number of ether oxygens (including phenoxy) is 1. The average molecular weight is 227 g/mol. The zero-order chi connectivity index (χ0) is 11.2. The zero-order valence-electron chi connectivity index (χ0n) is 8.85. The number of thiazole rings is 1. The Morgan fingerprint density at radius 2 is 2.33 bits per heavy atom. The molecule has 82 valence electrons. The van der Waals surface area contributed by atoms with Gasteiger partial charge in [-0.05, 0) is 5.41 Å². The van der Waals surface area contributed by atoms with Gasteiger partial charge in [0.15, 0.2) is 0 Å². The number of carboxylic acid groups (broad SMARTS) is 1. The molecule has 0 saturated heterocycles. The van der Waals surface area contributed by atoms with E-state index in [4.69, 9.17) is 9.84 Å². The first-order valence-electron chi connectivity index (χ1n) is 4.71. The first kappa shape index (κ1) is 10.4. The molecule has 5 heteroatoms. The van der Waals surface area contributed by atoms with E-state index >= 15 is 0 Å². The molecule has 0 radical (unpaired) electrons. The molecule has 0 bridgehead atoms. The fourth-order valence-electron chi connectivity index (χ4n) is 2.14. The van der Waals surface area contributed by atoms with Crippen molar-refractivity contribution >= 4 is 17.3 Å². The van der Waals surface area contributed by atoms with Crippen molar-refractivity contribution in [2.45, 2.75) is 19.8 Å². The predicted molar refractivity (Wildman–Crippen MR) is 56.3 cm³/mol. The van der Waals surface area contributed by atoms with Gasteiger partial charge in [-0.1, -0.05) is 25.2 Å². The molecule has 1 aromatic rings. The summed E-state index contributed by atoms with van der Waals surface area (Å²) in [4.78, 5) is 16.1. The van der Waals surface area contributed by atoms with E-state index in [0.29, 0.717) is 5.19 Å². The van der Waals surface area contributed by atoms with Gasteiger partial charge in [0.2, 0.25) is 0 Å². The summed E-state index contributed by atoms with van der Waals surface area (Å²) in [5, 5.41) is 9.63. The number of nitrogens with zero attached hydrogens (tertiary/aromatic N) is 1. The van der Waals surface area contributed by atoms with Crippen LogP contribution in [0.3, 0.4) is 0 Å². The van der Waals surface area contributed by atoms with Crippen LogP contribution in [0.1, 0.15) is 24.6 Å². The normalized spacial score (nSPS) is 27.4. The Labute approximate surface area is 91.9 Å². The second-order valence-corrected chi connectivity index (χ2v) is 5.37. The van der Waals surface area contributed by atoms with Gasteiger partial charge >= 0.3 is 5.97 Å². The molecule has 1 heterocycles. The van der Waals surface area contributed by atoms with Crippen molar-refractivity contribution in [1.29, 1.82) is 0 Å². The van der Waals surface area contributed by atoms with Crippen molar-refractivity contribution in [2.24, 2.45) is 11.3 Å². The molecule has 0 aromatic carbocycles. The second-order valence-electron chi connectivity index (χ2n) is 4.35. The summed E-state index contributed by atoms with van der Waals surface area (Å²) in [5.74, 6) is -0.934. The third kappa shape index (κ3) is 1.51. The zero-order valence-corrected chi connectivity index (χ0v) is 9.67. The number of aromatic nitrogens is 1. The van der Waals surface area contributed by atoms with Gasteiger partial charge < -0.3 is 9.84 Å². The van der Waals surface area contributed by atoms with E-state index in [0.717, 1.165) is 4.88 Å². The largest absolute Gasteiger partial charge is 0.481 e. The number of rotatable bonds is 3. The topological polar surface area (TPSA) is 59.4 Å². The van der Waals surface area contributed by atoms with Crippen LogP contribution < -0.4 is 4.74 Å². The Balaban J connectivity index is 2.23. The van der Waals surface area contributed by atoms with E-state index in [1.54, 1.807) is 13.3 Å². The van der Waals surface area contributed by atoms with E-state index in [1.807, 2.05) is 13.8 Å². The SMILES string of the molecule is COc1ncc([C@@H]2[C@@H](C(=O)O)C2(C)C)s1. The van der Waals surface area contributed by atoms with E-state index in [2.05, 4.69) is 4.98 Å². The van der Waals surface area contributed by atoms with Crippen LogP contribution >= 0.6 is 11.3 Å². The summed E-state index contributed by atoms with van der Waals surface area (Å²) in [6.07, 6.45) is 1.72. The van der Waals surface area contributed by atoms with Crippen molar-refractivity contribution in [3.63, 3.8) is 0 Å². The molecule has 1 N–H and O–H groups in total. The van der Waals surface area contributed by atoms with Gasteiger partial charge in [0, 0.05) is 17.0 Å². The number of hydrogen-bond donors (Lipinski definition) is 1. The lowest BCUT2D eigenvalue weighted by atomic mass is 10.1. The third-order valence-electron chi connectivity index (χ3n) is 3.08. The lowest BCUT2D eigenvalue weighted by molar-refractivity contribution is -0.139. The highest BCUT2D eigenvalue weighted by Crippen LogP contribution is 2.65. The van der Waals surface area contributed by atoms with Gasteiger partial charge in [-0.2, -0.15) is 0 Å². The molecule has 1 aliphatic carbocycles. The molecule has 0 aliphatic heterocycles. The number of methoxy groups -OCH3 is 1. The Morgan fingerprint density at radius 1 is 1.67 bits per heavy atom. The van der Waals surface area contributed by atoms with Crippen LogP contribution in [0.2, 0.25) is 0 Å². The van der Waals surface area contributed by atoms with E-state index in [9.17, 15) is 4.79 Å². The van der Waals surface area contributed by atoms with E-state index in [1.165, 1.54) is 11.3 Å². The van der Waals surface area contributed by atoms with Crippen LogP contribution in [0.25, 0.3) is 0 Å². The molecule has 1 aliphatic rings. The highest BCUT2D eigenvalue weighted by Gasteiger charge is 2.63. The van der Waals surface area contributed by atoms with Crippen LogP contribution in [-0.4, -0.2) is 23.2 Å². The Kier molecular flexibility index (Phi) is 2.22. The lowest BCUT2D eigenvalue weighted by Gasteiger charge is -1.97. The number of hydrogen-bond acceptors (Lipinski definition) is 4. The van der Waals surface area contributed by atoms with Crippen molar-refractivity contribution in [3.8, 4) is 5.19 Å². The van der Waals surface area contributed by atoms with Crippen molar-refractivity contribution in [1.82, 2.24) is 4.98 Å². The lowest BCUT2D eigenvalue weighted by Crippen LogP contribution is -2.02. The van der Waals surface area contributed by atoms with Gasteiger partial charge in [0.1, 0.15) is 0 Å². The molecule has 1 aromatic heterocycles. The maximum Gasteiger partial charge on any atom is 0.307 e. The molecule has 0 amide bonds. The average Bonchev–Trinajstić information content (AvgIpc) is 2.59. The number of carbonyl (C=O) groups is 1. The minimum absolute atomic E-state index is 0.0800. The fourth-order valence-corrected chi connectivity index (χ4v) is 3.20. The number of aliphatic carboxylic acids is 1.